The van der Waals surface area contributed by atoms with Crippen LogP contribution in [0.1, 0.15) is 30.6 Å². The average Bonchev–Trinajstić information content (AvgIpc) is 2.97. The number of hydrogen-bond acceptors (Lipinski definition) is 4. The predicted octanol–water partition coefficient (Wildman–Crippen LogP) is 2.81. The van der Waals surface area contributed by atoms with E-state index >= 15 is 0 Å². The largest absolute Gasteiger partial charge is 0.352 e. The SMILES string of the molecule is CCc1cc(=O)n2c(n1)SCC2CC(=O)NCc1ccccc1Cl. The fourth-order valence-corrected chi connectivity index (χ4v) is 4.02. The fraction of sp³-hybridized carbons (Fsp3) is 0.353. The van der Waals surface area contributed by atoms with E-state index in [-0.39, 0.29) is 23.9 Å². The van der Waals surface area contributed by atoms with Crippen molar-refractivity contribution in [3.05, 3.63) is 57.0 Å². The Morgan fingerprint density at radius 2 is 2.25 bits per heavy atom. The summed E-state index contributed by atoms with van der Waals surface area (Å²) in [6, 6.07) is 8.82. The first-order valence-corrected chi connectivity index (χ1v) is 9.20. The van der Waals surface area contributed by atoms with E-state index in [1.165, 1.54) is 11.8 Å². The lowest BCUT2D eigenvalue weighted by Gasteiger charge is -2.14. The molecule has 1 unspecified atom stereocenters. The highest BCUT2D eigenvalue weighted by Gasteiger charge is 2.27. The van der Waals surface area contributed by atoms with Crippen molar-refractivity contribution < 1.29 is 4.79 Å². The summed E-state index contributed by atoms with van der Waals surface area (Å²) < 4.78 is 1.64. The van der Waals surface area contributed by atoms with Gasteiger partial charge in [-0.1, -0.05) is 48.5 Å². The van der Waals surface area contributed by atoms with E-state index in [4.69, 9.17) is 11.6 Å². The highest BCUT2D eigenvalue weighted by Crippen LogP contribution is 2.32. The predicted molar refractivity (Wildman–Crippen MR) is 95.6 cm³/mol. The van der Waals surface area contributed by atoms with E-state index < -0.39 is 0 Å². The van der Waals surface area contributed by atoms with Gasteiger partial charge < -0.3 is 5.32 Å². The molecule has 3 rings (SSSR count). The van der Waals surface area contributed by atoms with Gasteiger partial charge in [0.2, 0.25) is 5.91 Å². The fourth-order valence-electron chi connectivity index (χ4n) is 2.65. The number of amides is 1. The van der Waals surface area contributed by atoms with Gasteiger partial charge in [0.05, 0.1) is 6.04 Å². The van der Waals surface area contributed by atoms with Crippen molar-refractivity contribution in [1.29, 1.82) is 0 Å². The summed E-state index contributed by atoms with van der Waals surface area (Å²) in [7, 11) is 0. The smallest absolute Gasteiger partial charge is 0.254 e. The first kappa shape index (κ1) is 17.0. The number of rotatable bonds is 5. The summed E-state index contributed by atoms with van der Waals surface area (Å²) in [4.78, 5) is 29.0. The Bertz CT molecular complexity index is 822. The van der Waals surface area contributed by atoms with Crippen molar-refractivity contribution in [2.75, 3.05) is 5.75 Å². The molecule has 0 aliphatic carbocycles. The number of nitrogens with zero attached hydrogens (tertiary/aromatic N) is 2. The van der Waals surface area contributed by atoms with Gasteiger partial charge in [-0.2, -0.15) is 0 Å². The molecular formula is C17H18ClN3O2S. The summed E-state index contributed by atoms with van der Waals surface area (Å²) in [5, 5.41) is 4.21. The number of carbonyl (C=O) groups is 1. The number of carbonyl (C=O) groups excluding carboxylic acids is 1. The number of benzene rings is 1. The van der Waals surface area contributed by atoms with Gasteiger partial charge in [0.1, 0.15) is 0 Å². The molecule has 0 radical (unpaired) electrons. The van der Waals surface area contributed by atoms with Crippen LogP contribution in [0.5, 0.6) is 0 Å². The number of aromatic nitrogens is 2. The molecule has 5 nitrogen and oxygen atoms in total. The third-order valence-electron chi connectivity index (χ3n) is 3.96. The molecular weight excluding hydrogens is 346 g/mol. The van der Waals surface area contributed by atoms with Crippen molar-refractivity contribution in [3.8, 4) is 0 Å². The molecule has 0 saturated carbocycles. The topological polar surface area (TPSA) is 64.0 Å². The minimum Gasteiger partial charge on any atom is -0.352 e. The lowest BCUT2D eigenvalue weighted by Crippen LogP contribution is -2.30. The van der Waals surface area contributed by atoms with Crippen LogP contribution in [0.25, 0.3) is 0 Å². The van der Waals surface area contributed by atoms with Gasteiger partial charge in [-0.05, 0) is 18.1 Å². The second kappa shape index (κ2) is 7.40. The lowest BCUT2D eigenvalue weighted by atomic mass is 10.2. The number of halogens is 1. The average molecular weight is 364 g/mol. The van der Waals surface area contributed by atoms with Crippen LogP contribution in [-0.2, 0) is 17.8 Å². The molecule has 1 aromatic heterocycles. The van der Waals surface area contributed by atoms with Crippen LogP contribution in [0, 0.1) is 0 Å². The van der Waals surface area contributed by atoms with Crippen LogP contribution in [0.3, 0.4) is 0 Å². The molecule has 1 aromatic carbocycles. The summed E-state index contributed by atoms with van der Waals surface area (Å²) in [6.07, 6.45) is 0.990. The van der Waals surface area contributed by atoms with Crippen molar-refractivity contribution >= 4 is 29.3 Å². The van der Waals surface area contributed by atoms with Crippen molar-refractivity contribution in [3.63, 3.8) is 0 Å². The lowest BCUT2D eigenvalue weighted by molar-refractivity contribution is -0.121. The first-order valence-electron chi connectivity index (χ1n) is 7.84. The minimum atomic E-state index is -0.151. The van der Waals surface area contributed by atoms with Gasteiger partial charge in [-0.15, -0.1) is 0 Å². The number of thioether (sulfide) groups is 1. The normalized spacial score (nSPS) is 16.0. The highest BCUT2D eigenvalue weighted by atomic mass is 35.5. The highest BCUT2D eigenvalue weighted by molar-refractivity contribution is 7.99. The van der Waals surface area contributed by atoms with Crippen LogP contribution >= 0.6 is 23.4 Å². The molecule has 2 aromatic rings. The standard InChI is InChI=1S/C17H18ClN3O2S/c1-2-12-7-16(23)21-13(10-24-17(21)20-12)8-15(22)19-9-11-5-3-4-6-14(11)18/h3-7,13H,2,8-10H2,1H3,(H,19,22). The van der Waals surface area contributed by atoms with Crippen molar-refractivity contribution in [1.82, 2.24) is 14.9 Å². The second-order valence-corrected chi connectivity index (χ2v) is 7.02. The second-order valence-electron chi connectivity index (χ2n) is 5.63. The van der Waals surface area contributed by atoms with Gasteiger partial charge in [-0.25, -0.2) is 4.98 Å². The van der Waals surface area contributed by atoms with Gasteiger partial charge in [0.15, 0.2) is 5.16 Å². The zero-order valence-corrected chi connectivity index (χ0v) is 14.9. The van der Waals surface area contributed by atoms with E-state index in [1.807, 2.05) is 25.1 Å². The van der Waals surface area contributed by atoms with E-state index in [0.29, 0.717) is 22.5 Å². The van der Waals surface area contributed by atoms with Crippen LogP contribution in [0.15, 0.2) is 40.3 Å². The monoisotopic (exact) mass is 363 g/mol. The minimum absolute atomic E-state index is 0.0780. The summed E-state index contributed by atoms with van der Waals surface area (Å²) >= 11 is 7.62. The summed E-state index contributed by atoms with van der Waals surface area (Å²) in [6.45, 7) is 2.35. The Kier molecular flexibility index (Phi) is 5.26. The van der Waals surface area contributed by atoms with E-state index in [0.717, 1.165) is 17.7 Å². The zero-order valence-electron chi connectivity index (χ0n) is 13.3. The van der Waals surface area contributed by atoms with E-state index in [2.05, 4.69) is 10.3 Å². The van der Waals surface area contributed by atoms with Gasteiger partial charge in [0.25, 0.3) is 5.56 Å². The molecule has 0 spiro atoms. The third-order valence-corrected chi connectivity index (χ3v) is 5.43. The molecule has 1 N–H and O–H groups in total. The molecule has 0 fully saturated rings. The molecule has 2 heterocycles. The third kappa shape index (κ3) is 3.65. The number of fused-ring (bicyclic) bond motifs is 1. The Balaban J connectivity index is 1.65. The van der Waals surface area contributed by atoms with Gasteiger partial charge >= 0.3 is 0 Å². The van der Waals surface area contributed by atoms with Crippen LogP contribution in [-0.4, -0.2) is 21.2 Å². The maximum Gasteiger partial charge on any atom is 0.254 e. The summed E-state index contributed by atoms with van der Waals surface area (Å²) in [5.74, 6) is 0.592. The molecule has 24 heavy (non-hydrogen) atoms. The van der Waals surface area contributed by atoms with Crippen LogP contribution in [0.2, 0.25) is 5.02 Å². The number of aryl methyl sites for hydroxylation is 1. The Morgan fingerprint density at radius 1 is 1.46 bits per heavy atom. The maximum atomic E-state index is 12.3. The van der Waals surface area contributed by atoms with Gasteiger partial charge in [0, 0.05) is 35.5 Å². The number of nitrogens with one attached hydrogen (secondary N) is 1. The van der Waals surface area contributed by atoms with E-state index in [9.17, 15) is 9.59 Å². The first-order chi connectivity index (χ1) is 11.6. The van der Waals surface area contributed by atoms with Crippen LogP contribution in [0.4, 0.5) is 0 Å². The maximum absolute atomic E-state index is 12.3. The Labute approximate surface area is 149 Å². The number of hydrogen-bond donors (Lipinski definition) is 1. The Morgan fingerprint density at radius 3 is 3.00 bits per heavy atom. The van der Waals surface area contributed by atoms with E-state index in [1.54, 1.807) is 16.7 Å². The molecule has 7 heteroatoms. The molecule has 1 atom stereocenters. The quantitative estimate of drug-likeness (QED) is 0.830. The van der Waals surface area contributed by atoms with Crippen molar-refractivity contribution in [2.24, 2.45) is 0 Å². The molecule has 0 saturated heterocycles. The Hall–Kier alpha value is -1.79. The molecule has 0 bridgehead atoms. The molecule has 126 valence electrons. The molecule has 1 amide bonds. The molecule has 1 aliphatic rings. The summed E-state index contributed by atoms with van der Waals surface area (Å²) in [5.41, 5.74) is 1.59. The van der Waals surface area contributed by atoms with Crippen LogP contribution < -0.4 is 10.9 Å². The molecule has 1 aliphatic heterocycles. The van der Waals surface area contributed by atoms with Gasteiger partial charge in [-0.3, -0.25) is 14.2 Å². The zero-order chi connectivity index (χ0) is 17.1. The van der Waals surface area contributed by atoms with Crippen molar-refractivity contribution in [2.45, 2.75) is 37.5 Å².